The van der Waals surface area contributed by atoms with Gasteiger partial charge in [-0.05, 0) is 295 Å². The van der Waals surface area contributed by atoms with Gasteiger partial charge in [-0.15, -0.1) is 0 Å². The molecular formula is C124H92Si2. The van der Waals surface area contributed by atoms with E-state index in [-0.39, 0.29) is 10.8 Å². The standard InChI is InChI=1S/C68H52Si.C56H40Si/c1-67(2)59-27-14-11-23-49(59)51-33-31-43(37-61(51)67)65-54-35-30-42(46-21-9-10-22-47(46)48-26-17-19-41-18-7-8-20-45(41)48)36-56(54)66(44-32-34-52-50-24-12-15-28-60(50)68(3,4)62(52)38-44)58-40-64-55(39-57(58)65)53-25-13-16-29-63(53)69(64,5)6;1-57(2)53-20-12-11-19-47(53)49-35-51-52(36-54(49)57)56(43-28-23-41(24-29-43)38-15-7-4-8-16-38)50-34-46(45-30-25-39-17-9-10-18-44(39)33-45)31-32-48(50)55(51)42-26-21-40(22-27-42)37-13-5-3-6-14-37/h7-40H,1-6H3;3-36H,1-2H3. The van der Waals surface area contributed by atoms with Crippen molar-refractivity contribution < 1.29 is 0 Å². The molecule has 2 heteroatoms. The number of hydrogen-bond donors (Lipinski definition) is 0. The van der Waals surface area contributed by atoms with Crippen molar-refractivity contribution >= 4 is 102 Å². The highest BCUT2D eigenvalue weighted by atomic mass is 28.3. The molecule has 0 fully saturated rings. The van der Waals surface area contributed by atoms with E-state index in [0.717, 1.165) is 0 Å². The maximum atomic E-state index is 2.66. The van der Waals surface area contributed by atoms with Crippen LogP contribution < -0.4 is 20.7 Å². The van der Waals surface area contributed by atoms with Gasteiger partial charge in [-0.3, -0.25) is 0 Å². The minimum Gasteiger partial charge on any atom is -0.0623 e. The molecule has 2 aliphatic heterocycles. The SMILES string of the molecule is CC1(C)c2ccccc2-c2ccc(-c3c4ccc(-c5ccccc5-c5cccc6ccccc56)cc4c(-c4ccc5c(c4)C(C)(C)c4ccccc4-5)c4cc5c(cc34)-c3ccccc3[Si]5(C)C)cc21.C[Si]1(C)c2ccccc2-c2cc3c(-c4ccc(-c5ccccc5)cc4)c4ccc(-c5ccc6ccccc6c5)cc4c(-c4ccc(-c5ccccc5)cc4)c3cc21. The van der Waals surface area contributed by atoms with Crippen LogP contribution in [0.25, 0.3) is 209 Å². The smallest absolute Gasteiger partial charge is 0.0623 e. The van der Waals surface area contributed by atoms with Crippen LogP contribution in [0.4, 0.5) is 0 Å². The molecule has 0 nitrogen and oxygen atoms in total. The largest absolute Gasteiger partial charge is 0.113 e. The molecule has 0 unspecified atom stereocenters. The first kappa shape index (κ1) is 75.4. The van der Waals surface area contributed by atoms with Crippen molar-refractivity contribution in [1.29, 1.82) is 0 Å². The van der Waals surface area contributed by atoms with Crippen LogP contribution in [0.2, 0.25) is 26.2 Å². The topological polar surface area (TPSA) is 0 Å². The van der Waals surface area contributed by atoms with Gasteiger partial charge < -0.3 is 0 Å². The lowest BCUT2D eigenvalue weighted by atomic mass is 9.79. The van der Waals surface area contributed by atoms with E-state index in [1.165, 1.54) is 252 Å². The first-order valence-corrected chi connectivity index (χ1v) is 50.7. The molecule has 2 aliphatic carbocycles. The zero-order chi connectivity index (χ0) is 84.6. The number of rotatable bonds is 9. The second-order valence-electron chi connectivity index (χ2n) is 37.6. The van der Waals surface area contributed by atoms with Gasteiger partial charge >= 0.3 is 0 Å². The lowest BCUT2D eigenvalue weighted by molar-refractivity contribution is 0.660. The third-order valence-electron chi connectivity index (χ3n) is 29.3. The molecule has 4 aliphatic rings. The van der Waals surface area contributed by atoms with E-state index in [4.69, 9.17) is 0 Å². The summed E-state index contributed by atoms with van der Waals surface area (Å²) in [6.07, 6.45) is 0. The average molecular weight is 1640 g/mol. The molecule has 2 heterocycles. The summed E-state index contributed by atoms with van der Waals surface area (Å²) in [4.78, 5) is 0. The summed E-state index contributed by atoms with van der Waals surface area (Å²) >= 11 is 0. The first-order chi connectivity index (χ1) is 61.5. The predicted molar refractivity (Wildman–Crippen MR) is 546 cm³/mol. The quantitative estimate of drug-likeness (QED) is 0.0998. The van der Waals surface area contributed by atoms with Crippen LogP contribution in [-0.2, 0) is 10.8 Å². The Morgan fingerprint density at radius 1 is 0.151 bits per heavy atom. The molecule has 21 aromatic carbocycles. The molecule has 0 atom stereocenters. The van der Waals surface area contributed by atoms with E-state index in [1.807, 2.05) is 0 Å². The highest BCUT2D eigenvalue weighted by Gasteiger charge is 2.42. The molecule has 0 radical (unpaired) electrons. The Balaban J connectivity index is 0.000000144. The summed E-state index contributed by atoms with van der Waals surface area (Å²) in [7, 11) is -4.04. The van der Waals surface area contributed by atoms with Crippen LogP contribution in [0.1, 0.15) is 49.9 Å². The monoisotopic (exact) mass is 1640 g/mol. The number of hydrogen-bond acceptors (Lipinski definition) is 0. The van der Waals surface area contributed by atoms with Gasteiger partial charge in [-0.1, -0.05) is 424 Å². The van der Waals surface area contributed by atoms with Gasteiger partial charge in [0.25, 0.3) is 0 Å². The molecule has 596 valence electrons. The van der Waals surface area contributed by atoms with Gasteiger partial charge in [-0.2, -0.15) is 0 Å². The van der Waals surface area contributed by atoms with E-state index >= 15 is 0 Å². The fraction of sp³-hybridized carbons (Fsp3) is 0.0806. The van der Waals surface area contributed by atoms with Crippen LogP contribution >= 0.6 is 0 Å². The van der Waals surface area contributed by atoms with E-state index in [1.54, 1.807) is 0 Å². The van der Waals surface area contributed by atoms with Gasteiger partial charge in [0, 0.05) is 10.8 Å². The highest BCUT2D eigenvalue weighted by Crippen LogP contribution is 2.56. The minimum atomic E-state index is -2.07. The van der Waals surface area contributed by atoms with Crippen LogP contribution in [0.5, 0.6) is 0 Å². The number of fused-ring (bicyclic) bond motifs is 18. The molecule has 25 rings (SSSR count). The van der Waals surface area contributed by atoms with Crippen molar-refractivity contribution in [2.75, 3.05) is 0 Å². The normalized spacial score (nSPS) is 14.1. The summed E-state index contributed by atoms with van der Waals surface area (Å²) in [6.45, 7) is 19.8. The molecule has 0 aromatic heterocycles. The molecule has 21 aromatic rings. The summed E-state index contributed by atoms with van der Waals surface area (Å²) in [5, 5.41) is 21.5. The summed E-state index contributed by atoms with van der Waals surface area (Å²) in [5.41, 5.74) is 38.9. The summed E-state index contributed by atoms with van der Waals surface area (Å²) < 4.78 is 0. The van der Waals surface area contributed by atoms with Crippen LogP contribution in [0.3, 0.4) is 0 Å². The molecule has 0 spiro atoms. The van der Waals surface area contributed by atoms with E-state index in [9.17, 15) is 0 Å². The first-order valence-electron chi connectivity index (χ1n) is 44.7. The third-order valence-corrected chi connectivity index (χ3v) is 36.4. The molecule has 0 bridgehead atoms. The van der Waals surface area contributed by atoms with Crippen molar-refractivity contribution in [1.82, 2.24) is 0 Å². The van der Waals surface area contributed by atoms with Gasteiger partial charge in [0.15, 0.2) is 0 Å². The Kier molecular flexibility index (Phi) is 17.1. The molecular weight excluding hydrogens is 1550 g/mol. The third kappa shape index (κ3) is 11.6. The van der Waals surface area contributed by atoms with Crippen molar-refractivity contribution in [2.45, 2.75) is 64.7 Å². The second-order valence-corrected chi connectivity index (χ2v) is 46.3. The van der Waals surface area contributed by atoms with E-state index < -0.39 is 16.1 Å². The molecule has 126 heavy (non-hydrogen) atoms. The van der Waals surface area contributed by atoms with Crippen LogP contribution in [0.15, 0.2) is 413 Å². The van der Waals surface area contributed by atoms with Crippen LogP contribution in [-0.4, -0.2) is 16.1 Å². The maximum Gasteiger partial charge on any atom is 0.113 e. The highest BCUT2D eigenvalue weighted by molar-refractivity contribution is 7.04. The van der Waals surface area contributed by atoms with Crippen LogP contribution in [0, 0.1) is 0 Å². The lowest BCUT2D eigenvalue weighted by Crippen LogP contribution is -2.49. The lowest BCUT2D eigenvalue weighted by Gasteiger charge is -2.25. The Bertz CT molecular complexity index is 8150. The summed E-state index contributed by atoms with van der Waals surface area (Å²) in [5.74, 6) is 0. The zero-order valence-corrected chi connectivity index (χ0v) is 74.3. The summed E-state index contributed by atoms with van der Waals surface area (Å²) in [6, 6.07) is 156. The minimum absolute atomic E-state index is 0.128. The van der Waals surface area contributed by atoms with E-state index in [2.05, 4.69) is 466 Å². The average Bonchev–Trinajstić information content (AvgIpc) is 1.27. The molecule has 0 saturated carbocycles. The van der Waals surface area contributed by atoms with Gasteiger partial charge in [0.2, 0.25) is 0 Å². The zero-order valence-electron chi connectivity index (χ0n) is 72.3. The molecule has 0 saturated heterocycles. The van der Waals surface area contributed by atoms with Crippen molar-refractivity contribution in [3.63, 3.8) is 0 Å². The van der Waals surface area contributed by atoms with Crippen molar-refractivity contribution in [3.05, 3.63) is 435 Å². The Morgan fingerprint density at radius 2 is 0.484 bits per heavy atom. The predicted octanol–water partition coefficient (Wildman–Crippen LogP) is 31.5. The Hall–Kier alpha value is -14.4. The fourth-order valence-corrected chi connectivity index (χ4v) is 29.0. The molecule has 0 N–H and O–H groups in total. The van der Waals surface area contributed by atoms with Gasteiger partial charge in [-0.25, -0.2) is 0 Å². The Labute approximate surface area is 740 Å². The van der Waals surface area contributed by atoms with Crippen molar-refractivity contribution in [2.24, 2.45) is 0 Å². The molecule has 0 amide bonds. The second kappa shape index (κ2) is 28.6. The van der Waals surface area contributed by atoms with Crippen molar-refractivity contribution in [3.8, 4) is 145 Å². The van der Waals surface area contributed by atoms with Gasteiger partial charge in [0.1, 0.15) is 16.1 Å². The number of benzene rings is 21. The van der Waals surface area contributed by atoms with Gasteiger partial charge in [0.05, 0.1) is 0 Å². The van der Waals surface area contributed by atoms with E-state index in [0.29, 0.717) is 0 Å². The fourth-order valence-electron chi connectivity index (χ4n) is 22.9. The Morgan fingerprint density at radius 3 is 1.02 bits per heavy atom. The maximum absolute atomic E-state index is 2.66.